The maximum absolute atomic E-state index is 13.0. The molecule has 4 rings (SSSR count). The molecule has 4 aromatic rings. The topological polar surface area (TPSA) is 63.0 Å². The maximum atomic E-state index is 13.0. The molecule has 0 aliphatic rings. The molecule has 0 aliphatic carbocycles. The fourth-order valence-electron chi connectivity index (χ4n) is 2.97. The Morgan fingerprint density at radius 2 is 2.00 bits per heavy atom. The third-order valence-electron chi connectivity index (χ3n) is 4.28. The number of rotatable bonds is 3. The molecule has 2 aromatic heterocycles. The fraction of sp³-hybridized carbons (Fsp3) is 0.150. The molecule has 0 atom stereocenters. The minimum absolute atomic E-state index is 0.0656. The van der Waals surface area contributed by atoms with Gasteiger partial charge in [-0.2, -0.15) is 9.78 Å². The van der Waals surface area contributed by atoms with Crippen molar-refractivity contribution >= 4 is 44.0 Å². The van der Waals surface area contributed by atoms with Gasteiger partial charge in [0, 0.05) is 33.1 Å². The van der Waals surface area contributed by atoms with Crippen LogP contribution in [0.15, 0.2) is 63.0 Å². The lowest BCUT2D eigenvalue weighted by Gasteiger charge is -2.11. The van der Waals surface area contributed by atoms with E-state index in [1.807, 2.05) is 56.4 Å². The van der Waals surface area contributed by atoms with Crippen molar-refractivity contribution in [3.63, 3.8) is 0 Å². The highest BCUT2D eigenvalue weighted by Gasteiger charge is 2.14. The third-order valence-corrected chi connectivity index (χ3v) is 4.78. The normalized spacial score (nSPS) is 12.0. The molecule has 130 valence electrons. The average molecular weight is 409 g/mol. The van der Waals surface area contributed by atoms with E-state index in [1.54, 1.807) is 12.3 Å². The van der Waals surface area contributed by atoms with E-state index in [0.717, 1.165) is 20.9 Å². The first-order valence-corrected chi connectivity index (χ1v) is 9.16. The second kappa shape index (κ2) is 6.53. The molecule has 0 spiro atoms. The largest absolute Gasteiger partial charge is 0.361 e. The van der Waals surface area contributed by atoms with Crippen molar-refractivity contribution < 1.29 is 0 Å². The van der Waals surface area contributed by atoms with E-state index in [0.29, 0.717) is 16.7 Å². The number of H-pyrrole nitrogens is 1. The number of fused-ring (bicyclic) bond motifs is 2. The number of nitrogens with one attached hydrogen (secondary N) is 1. The van der Waals surface area contributed by atoms with Crippen LogP contribution in [-0.4, -0.2) is 20.9 Å². The molecular formula is C20H17BrN4O. The first-order chi connectivity index (χ1) is 12.5. The predicted octanol–water partition coefficient (Wildman–Crippen LogP) is 4.65. The average Bonchev–Trinajstić information content (AvgIpc) is 3.04. The van der Waals surface area contributed by atoms with E-state index in [1.165, 1.54) is 4.68 Å². The molecular weight excluding hydrogens is 392 g/mol. The molecule has 26 heavy (non-hydrogen) atoms. The minimum atomic E-state index is -0.170. The second-order valence-electron chi connectivity index (χ2n) is 6.44. The highest BCUT2D eigenvalue weighted by Crippen LogP contribution is 2.19. The standard InChI is InChI=1S/C20H17BrN4O/c1-12(2)19-24-18-8-7-14(21)9-16(18)20(26)25(19)23-11-13-10-22-17-6-4-3-5-15(13)17/h3-12,22H,1-2H3. The monoisotopic (exact) mass is 408 g/mol. The molecule has 0 fully saturated rings. The number of benzene rings is 2. The highest BCUT2D eigenvalue weighted by molar-refractivity contribution is 9.10. The number of aromatic nitrogens is 3. The van der Waals surface area contributed by atoms with E-state index < -0.39 is 0 Å². The zero-order chi connectivity index (χ0) is 18.3. The summed E-state index contributed by atoms with van der Waals surface area (Å²) < 4.78 is 2.25. The van der Waals surface area contributed by atoms with Gasteiger partial charge in [0.05, 0.1) is 17.1 Å². The number of hydrogen-bond acceptors (Lipinski definition) is 3. The zero-order valence-corrected chi connectivity index (χ0v) is 16.0. The molecule has 0 saturated carbocycles. The molecule has 0 unspecified atom stereocenters. The molecule has 1 N–H and O–H groups in total. The summed E-state index contributed by atoms with van der Waals surface area (Å²) in [4.78, 5) is 20.9. The van der Waals surface area contributed by atoms with Crippen LogP contribution in [0.5, 0.6) is 0 Å². The van der Waals surface area contributed by atoms with Crippen molar-refractivity contribution in [3.8, 4) is 0 Å². The van der Waals surface area contributed by atoms with Crippen LogP contribution in [0.4, 0.5) is 0 Å². The molecule has 0 bridgehead atoms. The summed E-state index contributed by atoms with van der Waals surface area (Å²) in [6, 6.07) is 13.5. The summed E-state index contributed by atoms with van der Waals surface area (Å²) in [6.45, 7) is 4.01. The number of halogens is 1. The summed E-state index contributed by atoms with van der Waals surface area (Å²) in [5, 5.41) is 6.08. The van der Waals surface area contributed by atoms with Gasteiger partial charge in [-0.05, 0) is 24.3 Å². The molecule has 2 aromatic carbocycles. The Hall–Kier alpha value is -2.73. The highest BCUT2D eigenvalue weighted by atomic mass is 79.9. The van der Waals surface area contributed by atoms with Gasteiger partial charge in [-0.15, -0.1) is 0 Å². The Balaban J connectivity index is 1.91. The van der Waals surface area contributed by atoms with Crippen LogP contribution in [0, 0.1) is 0 Å². The van der Waals surface area contributed by atoms with Crippen LogP contribution in [0.2, 0.25) is 0 Å². The van der Waals surface area contributed by atoms with Crippen molar-refractivity contribution in [2.45, 2.75) is 19.8 Å². The van der Waals surface area contributed by atoms with Gasteiger partial charge >= 0.3 is 0 Å². The Morgan fingerprint density at radius 3 is 2.81 bits per heavy atom. The van der Waals surface area contributed by atoms with E-state index in [2.05, 4.69) is 31.0 Å². The van der Waals surface area contributed by atoms with Gasteiger partial charge in [0.2, 0.25) is 0 Å². The van der Waals surface area contributed by atoms with Gasteiger partial charge in [0.25, 0.3) is 5.56 Å². The fourth-order valence-corrected chi connectivity index (χ4v) is 3.33. The summed E-state index contributed by atoms with van der Waals surface area (Å²) in [5.41, 5.74) is 2.47. The zero-order valence-electron chi connectivity index (χ0n) is 14.4. The van der Waals surface area contributed by atoms with Crippen LogP contribution in [0.1, 0.15) is 31.2 Å². The van der Waals surface area contributed by atoms with Gasteiger partial charge in [0.15, 0.2) is 0 Å². The second-order valence-corrected chi connectivity index (χ2v) is 7.35. The Labute approximate surface area is 158 Å². The van der Waals surface area contributed by atoms with E-state index in [4.69, 9.17) is 0 Å². The van der Waals surface area contributed by atoms with Crippen LogP contribution < -0.4 is 5.56 Å². The summed E-state index contributed by atoms with van der Waals surface area (Å²) >= 11 is 3.42. The maximum Gasteiger partial charge on any atom is 0.282 e. The lowest BCUT2D eigenvalue weighted by atomic mass is 10.2. The molecule has 2 heterocycles. The van der Waals surface area contributed by atoms with Crippen molar-refractivity contribution in [1.82, 2.24) is 14.6 Å². The molecule has 6 heteroatoms. The van der Waals surface area contributed by atoms with Gasteiger partial charge in [-0.3, -0.25) is 4.79 Å². The van der Waals surface area contributed by atoms with Gasteiger partial charge in [-0.1, -0.05) is 48.0 Å². The molecule has 5 nitrogen and oxygen atoms in total. The Bertz CT molecular complexity index is 1200. The van der Waals surface area contributed by atoms with E-state index in [9.17, 15) is 4.79 Å². The lowest BCUT2D eigenvalue weighted by Crippen LogP contribution is -2.23. The molecule has 0 aliphatic heterocycles. The van der Waals surface area contributed by atoms with Crippen LogP contribution >= 0.6 is 15.9 Å². The smallest absolute Gasteiger partial charge is 0.282 e. The van der Waals surface area contributed by atoms with Crippen molar-refractivity contribution in [2.24, 2.45) is 5.10 Å². The summed E-state index contributed by atoms with van der Waals surface area (Å²) in [5.74, 6) is 0.705. The van der Waals surface area contributed by atoms with Crippen molar-refractivity contribution in [1.29, 1.82) is 0 Å². The van der Waals surface area contributed by atoms with E-state index in [-0.39, 0.29) is 11.5 Å². The number of hydrogen-bond donors (Lipinski definition) is 1. The minimum Gasteiger partial charge on any atom is -0.361 e. The van der Waals surface area contributed by atoms with Crippen molar-refractivity contribution in [2.75, 3.05) is 0 Å². The Morgan fingerprint density at radius 1 is 1.19 bits per heavy atom. The lowest BCUT2D eigenvalue weighted by molar-refractivity contribution is 0.665. The van der Waals surface area contributed by atoms with Gasteiger partial charge in [-0.25, -0.2) is 4.98 Å². The summed E-state index contributed by atoms with van der Waals surface area (Å²) in [6.07, 6.45) is 3.59. The van der Waals surface area contributed by atoms with E-state index >= 15 is 0 Å². The first kappa shape index (κ1) is 16.7. The van der Waals surface area contributed by atoms with Crippen LogP contribution in [-0.2, 0) is 0 Å². The number of aromatic amines is 1. The summed E-state index contributed by atoms with van der Waals surface area (Å²) in [7, 11) is 0. The molecule has 0 saturated heterocycles. The van der Waals surface area contributed by atoms with Crippen LogP contribution in [0.25, 0.3) is 21.8 Å². The van der Waals surface area contributed by atoms with Crippen molar-refractivity contribution in [3.05, 3.63) is 74.9 Å². The van der Waals surface area contributed by atoms with Gasteiger partial charge < -0.3 is 4.98 Å². The molecule has 0 amide bonds. The van der Waals surface area contributed by atoms with Crippen LogP contribution in [0.3, 0.4) is 0 Å². The van der Waals surface area contributed by atoms with Gasteiger partial charge in [0.1, 0.15) is 5.82 Å². The predicted molar refractivity (Wildman–Crippen MR) is 109 cm³/mol. The first-order valence-electron chi connectivity index (χ1n) is 8.37. The molecule has 0 radical (unpaired) electrons. The Kier molecular flexibility index (Phi) is 4.20. The SMILES string of the molecule is CC(C)c1nc2ccc(Br)cc2c(=O)n1N=Cc1c[nH]c2ccccc12. The third kappa shape index (κ3) is 2.86. The number of para-hydroxylation sites is 1. The quantitative estimate of drug-likeness (QED) is 0.501. The number of nitrogens with zero attached hydrogens (tertiary/aromatic N) is 3.